The van der Waals surface area contributed by atoms with Gasteiger partial charge in [-0.2, -0.15) is 0 Å². The highest BCUT2D eigenvalue weighted by Gasteiger charge is 2.70. The van der Waals surface area contributed by atoms with Crippen molar-refractivity contribution < 1.29 is 4.74 Å². The summed E-state index contributed by atoms with van der Waals surface area (Å²) in [6.07, 6.45) is 14.4. The van der Waals surface area contributed by atoms with Gasteiger partial charge in [0.15, 0.2) is 0 Å². The van der Waals surface area contributed by atoms with Crippen molar-refractivity contribution in [3.63, 3.8) is 0 Å². The number of hydrogen-bond donors (Lipinski definition) is 1. The highest BCUT2D eigenvalue weighted by molar-refractivity contribution is 5.19. The van der Waals surface area contributed by atoms with Crippen molar-refractivity contribution in [2.24, 2.45) is 62.6 Å². The van der Waals surface area contributed by atoms with Crippen LogP contribution in [0.2, 0.25) is 0 Å². The maximum atomic E-state index is 5.98. The van der Waals surface area contributed by atoms with E-state index in [0.29, 0.717) is 33.1 Å². The molecule has 0 spiro atoms. The summed E-state index contributed by atoms with van der Waals surface area (Å²) in [6.45, 7) is 19.6. The molecule has 5 aliphatic rings. The lowest BCUT2D eigenvalue weighted by Gasteiger charge is -2.73. The second kappa shape index (κ2) is 8.21. The van der Waals surface area contributed by atoms with Gasteiger partial charge in [-0.1, -0.05) is 48.5 Å². The highest BCUT2D eigenvalue weighted by atomic mass is 16.5. The molecule has 0 aromatic rings. The average Bonchev–Trinajstić information content (AvgIpc) is 3.14. The van der Waals surface area contributed by atoms with Gasteiger partial charge in [-0.3, -0.25) is 0 Å². The fourth-order valence-corrected chi connectivity index (χ4v) is 12.6. The topological polar surface area (TPSA) is 21.3 Å². The zero-order valence-electron chi connectivity index (χ0n) is 24.2. The highest BCUT2D eigenvalue weighted by Crippen LogP contribution is 2.77. The summed E-state index contributed by atoms with van der Waals surface area (Å²) in [5.74, 6) is 5.24. The molecule has 0 saturated heterocycles. The maximum absolute atomic E-state index is 5.98. The number of nitrogens with one attached hydrogen (secondary N) is 1. The summed E-state index contributed by atoms with van der Waals surface area (Å²) in [6, 6.07) is 0.677. The van der Waals surface area contributed by atoms with Crippen LogP contribution in [0.25, 0.3) is 0 Å². The molecule has 0 aromatic carbocycles. The second-order valence-corrected chi connectivity index (χ2v) is 15.6. The third-order valence-corrected chi connectivity index (χ3v) is 14.3. The molecule has 0 aliphatic heterocycles. The maximum Gasteiger partial charge on any atom is 0.0521 e. The first-order chi connectivity index (χ1) is 15.9. The molecular weight excluding hydrogens is 414 g/mol. The Hall–Kier alpha value is -0.0800. The van der Waals surface area contributed by atoms with Gasteiger partial charge in [0, 0.05) is 13.2 Å². The van der Waals surface area contributed by atoms with E-state index in [1.165, 1.54) is 64.2 Å². The zero-order chi connectivity index (χ0) is 24.7. The van der Waals surface area contributed by atoms with Gasteiger partial charge in [0.2, 0.25) is 0 Å². The van der Waals surface area contributed by atoms with Gasteiger partial charge in [0.25, 0.3) is 0 Å². The van der Waals surface area contributed by atoms with Crippen LogP contribution in [0.3, 0.4) is 0 Å². The summed E-state index contributed by atoms with van der Waals surface area (Å²) in [4.78, 5) is 0. The van der Waals surface area contributed by atoms with E-state index in [-0.39, 0.29) is 0 Å². The van der Waals surface area contributed by atoms with Crippen molar-refractivity contribution in [2.45, 2.75) is 119 Å². The minimum absolute atomic E-state index is 0.398. The number of fused-ring (bicyclic) bond motifs is 7. The van der Waals surface area contributed by atoms with Crippen LogP contribution in [0.15, 0.2) is 0 Å². The van der Waals surface area contributed by atoms with Gasteiger partial charge >= 0.3 is 0 Å². The fraction of sp³-hybridized carbons (Fsp3) is 1.00. The summed E-state index contributed by atoms with van der Waals surface area (Å²) >= 11 is 0. The average molecular weight is 472 g/mol. The van der Waals surface area contributed by atoms with Gasteiger partial charge in [-0.05, 0) is 134 Å². The molecule has 5 fully saturated rings. The van der Waals surface area contributed by atoms with Crippen molar-refractivity contribution >= 4 is 0 Å². The Morgan fingerprint density at radius 2 is 1.53 bits per heavy atom. The molecule has 2 heteroatoms. The van der Waals surface area contributed by atoms with Crippen LogP contribution in [0, 0.1) is 62.6 Å². The fourth-order valence-electron chi connectivity index (χ4n) is 12.6. The Morgan fingerprint density at radius 3 is 2.18 bits per heavy atom. The van der Waals surface area contributed by atoms with Crippen LogP contribution in [0.5, 0.6) is 0 Å². The lowest BCUT2D eigenvalue weighted by atomic mass is 9.32. The zero-order valence-corrected chi connectivity index (χ0v) is 24.2. The van der Waals surface area contributed by atoms with Crippen molar-refractivity contribution in [2.75, 3.05) is 20.8 Å². The summed E-state index contributed by atoms with van der Waals surface area (Å²) < 4.78 is 5.98. The number of rotatable bonds is 4. The third-order valence-electron chi connectivity index (χ3n) is 14.3. The summed E-state index contributed by atoms with van der Waals surface area (Å²) in [7, 11) is 4.17. The minimum Gasteiger partial charge on any atom is -0.384 e. The van der Waals surface area contributed by atoms with E-state index in [4.69, 9.17) is 4.74 Å². The van der Waals surface area contributed by atoms with Crippen molar-refractivity contribution in [1.82, 2.24) is 5.32 Å². The van der Waals surface area contributed by atoms with E-state index in [1.807, 2.05) is 7.11 Å². The van der Waals surface area contributed by atoms with Crippen LogP contribution < -0.4 is 5.32 Å². The first kappa shape index (κ1) is 25.6. The van der Waals surface area contributed by atoms with Crippen LogP contribution in [0.4, 0.5) is 0 Å². The SMILES string of the molecule is CN[C@@H]1CC[C@@]2(C)C(CC[C@]3(C)C2CCC2C4[C@H](C(C)C)CC[C@]4(COC)CC[C@]23C)C1(C)C. The first-order valence-corrected chi connectivity index (χ1v) is 15.1. The predicted octanol–water partition coefficient (Wildman–Crippen LogP) is 7.96. The Bertz CT molecular complexity index is 775. The quantitative estimate of drug-likeness (QED) is 0.449. The summed E-state index contributed by atoms with van der Waals surface area (Å²) in [5.41, 5.74) is 2.35. The van der Waals surface area contributed by atoms with E-state index in [1.54, 1.807) is 0 Å². The molecule has 10 atom stereocenters. The van der Waals surface area contributed by atoms with Gasteiger partial charge in [0.1, 0.15) is 0 Å². The molecule has 5 aliphatic carbocycles. The minimum atomic E-state index is 0.398. The van der Waals surface area contributed by atoms with Crippen LogP contribution in [-0.2, 0) is 4.74 Å². The van der Waals surface area contributed by atoms with E-state index >= 15 is 0 Å². The molecule has 1 N–H and O–H groups in total. The van der Waals surface area contributed by atoms with E-state index in [9.17, 15) is 0 Å². The van der Waals surface area contributed by atoms with Crippen molar-refractivity contribution in [3.05, 3.63) is 0 Å². The van der Waals surface area contributed by atoms with E-state index in [2.05, 4.69) is 60.8 Å². The Labute approximate surface area is 212 Å². The van der Waals surface area contributed by atoms with Crippen molar-refractivity contribution in [3.8, 4) is 0 Å². The van der Waals surface area contributed by atoms with Crippen LogP contribution >= 0.6 is 0 Å². The van der Waals surface area contributed by atoms with Gasteiger partial charge in [-0.25, -0.2) is 0 Å². The van der Waals surface area contributed by atoms with Gasteiger partial charge < -0.3 is 10.1 Å². The summed E-state index contributed by atoms with van der Waals surface area (Å²) in [5, 5.41) is 3.72. The third kappa shape index (κ3) is 3.12. The first-order valence-electron chi connectivity index (χ1n) is 15.1. The lowest BCUT2D eigenvalue weighted by molar-refractivity contribution is -0.243. The van der Waals surface area contributed by atoms with Gasteiger partial charge in [-0.15, -0.1) is 0 Å². The molecule has 0 heterocycles. The molecule has 0 aromatic heterocycles. The number of hydrogen-bond acceptors (Lipinski definition) is 2. The Balaban J connectivity index is 1.52. The molecule has 196 valence electrons. The normalized spacial score (nSPS) is 54.2. The van der Waals surface area contributed by atoms with Gasteiger partial charge in [0.05, 0.1) is 6.61 Å². The number of methoxy groups -OCH3 is 1. The molecule has 5 saturated carbocycles. The standard InChI is InChI=1S/C32H57NO/c1-21(2)22-12-17-32(20-34-9)19-18-30(6)23(27(22)32)10-11-25-29(5)15-14-26(33-8)28(3,4)24(29)13-16-31(25,30)7/h21-27,33H,10-20H2,1-9H3/t22-,23?,24?,25?,26+,27?,29-,30+,31+,32+/m0/s1. The second-order valence-electron chi connectivity index (χ2n) is 15.6. The van der Waals surface area contributed by atoms with E-state index < -0.39 is 0 Å². The Morgan fingerprint density at radius 1 is 0.794 bits per heavy atom. The predicted molar refractivity (Wildman–Crippen MR) is 144 cm³/mol. The number of ether oxygens (including phenoxy) is 1. The molecule has 0 bridgehead atoms. The molecule has 34 heavy (non-hydrogen) atoms. The molecular formula is C32H57NO. The molecule has 0 amide bonds. The molecule has 5 rings (SSSR count). The Kier molecular flexibility index (Phi) is 6.17. The smallest absolute Gasteiger partial charge is 0.0521 e. The van der Waals surface area contributed by atoms with Crippen LogP contribution in [0.1, 0.15) is 113 Å². The monoisotopic (exact) mass is 471 g/mol. The molecule has 2 nitrogen and oxygen atoms in total. The van der Waals surface area contributed by atoms with Crippen molar-refractivity contribution in [1.29, 1.82) is 0 Å². The van der Waals surface area contributed by atoms with Crippen LogP contribution in [-0.4, -0.2) is 26.8 Å². The van der Waals surface area contributed by atoms with E-state index in [0.717, 1.165) is 42.1 Å². The lowest BCUT2D eigenvalue weighted by Crippen LogP contribution is -2.67. The largest absolute Gasteiger partial charge is 0.384 e. The molecule has 0 radical (unpaired) electrons. The molecule has 4 unspecified atom stereocenters.